The maximum Gasteiger partial charge on any atom is 0.136 e. The molecule has 51 heavy (non-hydrogen) atoms. The van der Waals surface area contributed by atoms with Crippen molar-refractivity contribution in [3.63, 3.8) is 0 Å². The molecule has 0 radical (unpaired) electrons. The van der Waals surface area contributed by atoms with Gasteiger partial charge in [-0.25, -0.2) is 0 Å². The Kier molecular flexibility index (Phi) is 4.57. The minimum Gasteiger partial charge on any atom is -0.456 e. The summed E-state index contributed by atoms with van der Waals surface area (Å²) in [6.07, 6.45) is 0. The van der Waals surface area contributed by atoms with E-state index in [0.717, 1.165) is 54.2 Å². The Morgan fingerprint density at radius 1 is 0.333 bits per heavy atom. The van der Waals surface area contributed by atoms with Crippen LogP contribution in [0.15, 0.2) is 186 Å². The van der Waals surface area contributed by atoms with Gasteiger partial charge in [0.15, 0.2) is 0 Å². The van der Waals surface area contributed by atoms with E-state index >= 15 is 0 Å². The zero-order chi connectivity index (χ0) is 40.4. The fourth-order valence-corrected chi connectivity index (χ4v) is 7.93. The van der Waals surface area contributed by atoms with E-state index in [2.05, 4.69) is 36.4 Å². The lowest BCUT2D eigenvalue weighted by Crippen LogP contribution is -1.91. The predicted octanol–water partition coefficient (Wildman–Crippen LogP) is 14.4. The maximum atomic E-state index is 9.41. The van der Waals surface area contributed by atoms with Gasteiger partial charge in [0.25, 0.3) is 0 Å². The van der Waals surface area contributed by atoms with Crippen LogP contribution in [0.2, 0.25) is 0 Å². The van der Waals surface area contributed by atoms with Crippen molar-refractivity contribution in [3.05, 3.63) is 182 Å². The number of benzene rings is 10. The summed E-state index contributed by atoms with van der Waals surface area (Å²) < 4.78 is 79.4. The smallest absolute Gasteiger partial charge is 0.136 e. The van der Waals surface area contributed by atoms with E-state index in [0.29, 0.717) is 33.4 Å². The quantitative estimate of drug-likeness (QED) is 0.136. The number of rotatable bonds is 3. The third kappa shape index (κ3) is 4.28. The molecule has 0 amide bonds. The number of furan rings is 1. The van der Waals surface area contributed by atoms with Crippen molar-refractivity contribution in [1.82, 2.24) is 0 Å². The highest BCUT2D eigenvalue weighted by atomic mass is 16.3. The average Bonchev–Trinajstić information content (AvgIpc) is 3.63. The van der Waals surface area contributed by atoms with Crippen LogP contribution < -0.4 is 0 Å². The molecule has 1 heterocycles. The first-order chi connectivity index (χ1) is 28.6. The van der Waals surface area contributed by atoms with Gasteiger partial charge in [-0.15, -0.1) is 0 Å². The lowest BCUT2D eigenvalue weighted by molar-refractivity contribution is 0.669. The standard InChI is InChI=1S/C50H30O/c1-2-12-34-30-48-46(27-33(34)11-1)45-29-36(25-26-47(45)51-48)50-42-19-9-7-17-40(42)49(41-18-8-10-20-43(41)50)32-23-21-31(22-24-32)44-28-35-13-3-4-14-37(35)38-15-5-6-16-39(38)44/h1-30H/i7D,8D,9D,10D,17D,18D,19D,20D. The van der Waals surface area contributed by atoms with Crippen LogP contribution >= 0.6 is 0 Å². The van der Waals surface area contributed by atoms with Crippen LogP contribution in [0.5, 0.6) is 0 Å². The summed E-state index contributed by atoms with van der Waals surface area (Å²) in [5.41, 5.74) is 4.95. The van der Waals surface area contributed by atoms with E-state index in [1.165, 1.54) is 0 Å². The van der Waals surface area contributed by atoms with Crippen LogP contribution in [-0.4, -0.2) is 0 Å². The molecule has 1 heteroatoms. The molecule has 0 spiro atoms. The van der Waals surface area contributed by atoms with Crippen LogP contribution in [0.3, 0.4) is 0 Å². The van der Waals surface area contributed by atoms with E-state index in [-0.39, 0.29) is 45.7 Å². The summed E-state index contributed by atoms with van der Waals surface area (Å²) in [5.74, 6) is 0. The van der Waals surface area contributed by atoms with E-state index in [4.69, 9.17) is 9.90 Å². The van der Waals surface area contributed by atoms with Crippen LogP contribution in [0.25, 0.3) is 109 Å². The molecular formula is C50H30O. The lowest BCUT2D eigenvalue weighted by Gasteiger charge is -2.18. The van der Waals surface area contributed by atoms with E-state index in [9.17, 15) is 5.48 Å². The molecule has 11 aromatic rings. The van der Waals surface area contributed by atoms with Crippen molar-refractivity contribution in [2.75, 3.05) is 0 Å². The van der Waals surface area contributed by atoms with Crippen molar-refractivity contribution in [2.24, 2.45) is 0 Å². The van der Waals surface area contributed by atoms with Gasteiger partial charge >= 0.3 is 0 Å². The molecule has 236 valence electrons. The van der Waals surface area contributed by atoms with Crippen LogP contribution in [0.4, 0.5) is 0 Å². The molecule has 0 fully saturated rings. The second-order valence-electron chi connectivity index (χ2n) is 13.0. The monoisotopic (exact) mass is 654 g/mol. The van der Waals surface area contributed by atoms with Crippen LogP contribution in [0.1, 0.15) is 11.0 Å². The summed E-state index contributed by atoms with van der Waals surface area (Å²) >= 11 is 0. The van der Waals surface area contributed by atoms with Crippen molar-refractivity contribution in [1.29, 1.82) is 0 Å². The third-order valence-electron chi connectivity index (χ3n) is 10.3. The van der Waals surface area contributed by atoms with Crippen molar-refractivity contribution >= 4 is 75.8 Å². The SMILES string of the molecule is [2H]c1c([2H])c([2H])c2c(-c3ccc4oc5cc6ccccc6cc5c4c3)c3c([2H])c([2H])c([2H])c([2H])c3c(-c3ccc(-c4cc5ccccc5c5ccccc45)cc3)c2c1[2H]. The summed E-state index contributed by atoms with van der Waals surface area (Å²) in [6, 6.07) is 41.0. The third-order valence-corrected chi connectivity index (χ3v) is 10.3. The summed E-state index contributed by atoms with van der Waals surface area (Å²) in [6.45, 7) is 0. The predicted molar refractivity (Wildman–Crippen MR) is 218 cm³/mol. The second kappa shape index (κ2) is 10.9. The number of fused-ring (bicyclic) bond motifs is 9. The molecular weight excluding hydrogens is 617 g/mol. The molecule has 10 aromatic carbocycles. The van der Waals surface area contributed by atoms with Crippen molar-refractivity contribution < 1.29 is 15.4 Å². The zero-order valence-electron chi connectivity index (χ0n) is 35.1. The Bertz CT molecular complexity index is 3560. The summed E-state index contributed by atoms with van der Waals surface area (Å²) in [5, 5.41) is 8.83. The fourth-order valence-electron chi connectivity index (χ4n) is 7.93. The van der Waals surface area contributed by atoms with E-state index in [1.54, 1.807) is 6.07 Å². The first kappa shape index (κ1) is 21.4. The highest BCUT2D eigenvalue weighted by Crippen LogP contribution is 2.45. The van der Waals surface area contributed by atoms with Gasteiger partial charge in [-0.3, -0.25) is 0 Å². The molecule has 0 N–H and O–H groups in total. The molecule has 0 saturated heterocycles. The molecule has 0 aliphatic carbocycles. The molecule has 11 rings (SSSR count). The summed E-state index contributed by atoms with van der Waals surface area (Å²) in [4.78, 5) is 0. The highest BCUT2D eigenvalue weighted by molar-refractivity contribution is 6.22. The number of hydrogen-bond acceptors (Lipinski definition) is 1. The van der Waals surface area contributed by atoms with Gasteiger partial charge in [0.05, 0.1) is 11.0 Å². The molecule has 0 aliphatic rings. The largest absolute Gasteiger partial charge is 0.456 e. The fraction of sp³-hybridized carbons (Fsp3) is 0. The molecule has 0 unspecified atom stereocenters. The molecule has 0 bridgehead atoms. The van der Waals surface area contributed by atoms with Gasteiger partial charge in [-0.1, -0.05) is 151 Å². The van der Waals surface area contributed by atoms with Crippen LogP contribution in [-0.2, 0) is 0 Å². The molecule has 1 nitrogen and oxygen atoms in total. The van der Waals surface area contributed by atoms with Crippen LogP contribution in [0, 0.1) is 0 Å². The topological polar surface area (TPSA) is 13.1 Å². The van der Waals surface area contributed by atoms with Gasteiger partial charge in [-0.05, 0) is 118 Å². The average molecular weight is 655 g/mol. The Hall–Kier alpha value is -6.70. The maximum absolute atomic E-state index is 9.41. The first-order valence-corrected chi connectivity index (χ1v) is 16.9. The Labute approximate surface area is 305 Å². The highest BCUT2D eigenvalue weighted by Gasteiger charge is 2.18. The minimum absolute atomic E-state index is 0.172. The van der Waals surface area contributed by atoms with Crippen molar-refractivity contribution in [3.8, 4) is 33.4 Å². The summed E-state index contributed by atoms with van der Waals surface area (Å²) in [7, 11) is 0. The van der Waals surface area contributed by atoms with Gasteiger partial charge in [-0.2, -0.15) is 0 Å². The van der Waals surface area contributed by atoms with Gasteiger partial charge in [0.1, 0.15) is 11.2 Å². The van der Waals surface area contributed by atoms with Gasteiger partial charge in [0, 0.05) is 10.8 Å². The molecule has 1 aromatic heterocycles. The lowest BCUT2D eigenvalue weighted by atomic mass is 9.85. The Balaban J connectivity index is 1.24. The van der Waals surface area contributed by atoms with Gasteiger partial charge in [0.2, 0.25) is 0 Å². The van der Waals surface area contributed by atoms with E-state index < -0.39 is 24.2 Å². The van der Waals surface area contributed by atoms with Gasteiger partial charge < -0.3 is 4.42 Å². The Morgan fingerprint density at radius 3 is 1.53 bits per heavy atom. The second-order valence-corrected chi connectivity index (χ2v) is 13.0. The minimum atomic E-state index is -0.435. The Morgan fingerprint density at radius 2 is 0.843 bits per heavy atom. The molecule has 0 saturated carbocycles. The first-order valence-electron chi connectivity index (χ1n) is 20.9. The number of hydrogen-bond donors (Lipinski definition) is 0. The molecule has 0 atom stereocenters. The normalized spacial score (nSPS) is 14.1. The zero-order valence-corrected chi connectivity index (χ0v) is 27.1. The van der Waals surface area contributed by atoms with E-state index in [1.807, 2.05) is 91.0 Å². The molecule has 0 aliphatic heterocycles. The van der Waals surface area contributed by atoms with Crippen molar-refractivity contribution in [2.45, 2.75) is 0 Å².